The van der Waals surface area contributed by atoms with Crippen molar-refractivity contribution in [1.29, 1.82) is 0 Å². The van der Waals surface area contributed by atoms with Gasteiger partial charge in [-0.15, -0.1) is 0 Å². The van der Waals surface area contributed by atoms with E-state index < -0.39 is 20.5 Å². The van der Waals surface area contributed by atoms with E-state index >= 15 is 0 Å². The van der Waals surface area contributed by atoms with E-state index in [4.69, 9.17) is 5.73 Å². The Morgan fingerprint density at radius 3 is 2.34 bits per heavy atom. The van der Waals surface area contributed by atoms with Crippen molar-refractivity contribution in [2.24, 2.45) is 5.73 Å². The SMILES string of the molecule is Cc1cc(C(N)=O)nn1-c1ccc(CC2(S(C)(=O)=O)C=CC(c3ccccc3)=CC2)cc1. The summed E-state index contributed by atoms with van der Waals surface area (Å²) in [6.07, 6.45) is 7.82. The summed E-state index contributed by atoms with van der Waals surface area (Å²) >= 11 is 0. The molecule has 1 aliphatic carbocycles. The summed E-state index contributed by atoms with van der Waals surface area (Å²) in [6.45, 7) is 1.84. The molecular weight excluding hydrogens is 422 g/mol. The van der Waals surface area contributed by atoms with E-state index in [2.05, 4.69) is 5.10 Å². The number of aromatic nitrogens is 2. The fraction of sp³-hybridized carbons (Fsp3) is 0.200. The lowest BCUT2D eigenvalue weighted by atomic mass is 9.88. The number of benzene rings is 2. The highest BCUT2D eigenvalue weighted by molar-refractivity contribution is 7.92. The summed E-state index contributed by atoms with van der Waals surface area (Å²) in [7, 11) is -3.37. The summed E-state index contributed by atoms with van der Waals surface area (Å²) in [6, 6.07) is 19.1. The number of allylic oxidation sites excluding steroid dienone is 3. The van der Waals surface area contributed by atoms with Crippen LogP contribution in [0.2, 0.25) is 0 Å². The first-order valence-corrected chi connectivity index (χ1v) is 12.2. The van der Waals surface area contributed by atoms with Crippen LogP contribution in [-0.4, -0.2) is 35.1 Å². The standard InChI is InChI=1S/C25H25N3O3S/c1-18-16-23(24(26)29)27-28(18)22-10-8-19(9-11-22)17-25(32(2,30)31)14-12-21(13-15-25)20-6-4-3-5-7-20/h3-14,16H,15,17H2,1-2H3,(H2,26,29). The Morgan fingerprint density at radius 1 is 1.12 bits per heavy atom. The molecule has 1 aliphatic rings. The van der Waals surface area contributed by atoms with Crippen molar-refractivity contribution < 1.29 is 13.2 Å². The average Bonchev–Trinajstić information content (AvgIpc) is 3.17. The summed E-state index contributed by atoms with van der Waals surface area (Å²) in [5, 5.41) is 4.24. The minimum atomic E-state index is -3.37. The van der Waals surface area contributed by atoms with Crippen molar-refractivity contribution in [2.75, 3.05) is 6.26 Å². The molecule has 7 heteroatoms. The van der Waals surface area contributed by atoms with E-state index in [-0.39, 0.29) is 5.69 Å². The van der Waals surface area contributed by atoms with Crippen molar-refractivity contribution in [2.45, 2.75) is 24.5 Å². The lowest BCUT2D eigenvalue weighted by molar-refractivity contribution is 0.0995. The van der Waals surface area contributed by atoms with Crippen LogP contribution in [0.1, 0.15) is 33.7 Å². The second-order valence-corrected chi connectivity index (χ2v) is 10.5. The van der Waals surface area contributed by atoms with E-state index in [1.54, 1.807) is 10.7 Å². The van der Waals surface area contributed by atoms with Gasteiger partial charge in [0.25, 0.3) is 5.91 Å². The second kappa shape index (κ2) is 8.24. The quantitative estimate of drug-likeness (QED) is 0.624. The predicted molar refractivity (Wildman–Crippen MR) is 126 cm³/mol. The topological polar surface area (TPSA) is 95.1 Å². The highest BCUT2D eigenvalue weighted by atomic mass is 32.2. The maximum atomic E-state index is 12.8. The number of carbonyl (C=O) groups excluding carboxylic acids is 1. The maximum Gasteiger partial charge on any atom is 0.269 e. The third-order valence-electron chi connectivity index (χ3n) is 5.90. The molecule has 32 heavy (non-hydrogen) atoms. The third kappa shape index (κ3) is 4.16. The zero-order valence-electron chi connectivity index (χ0n) is 18.0. The van der Waals surface area contributed by atoms with Gasteiger partial charge in [0.05, 0.1) is 10.4 Å². The Kier molecular flexibility index (Phi) is 5.60. The van der Waals surface area contributed by atoms with Crippen LogP contribution in [0.4, 0.5) is 0 Å². The Hall–Kier alpha value is -3.45. The molecule has 3 aromatic rings. The normalized spacial score (nSPS) is 18.4. The minimum Gasteiger partial charge on any atom is -0.364 e. The molecule has 0 fully saturated rings. The van der Waals surface area contributed by atoms with E-state index in [0.717, 1.165) is 28.1 Å². The van der Waals surface area contributed by atoms with Crippen LogP contribution in [0.25, 0.3) is 11.3 Å². The molecule has 0 aliphatic heterocycles. The van der Waals surface area contributed by atoms with Gasteiger partial charge in [0.15, 0.2) is 15.5 Å². The van der Waals surface area contributed by atoms with Gasteiger partial charge in [-0.3, -0.25) is 4.79 Å². The molecule has 4 rings (SSSR count). The molecule has 0 radical (unpaired) electrons. The van der Waals surface area contributed by atoms with Gasteiger partial charge in [-0.2, -0.15) is 5.10 Å². The predicted octanol–water partition coefficient (Wildman–Crippen LogP) is 3.65. The Labute approximate surface area is 188 Å². The Morgan fingerprint density at radius 2 is 1.81 bits per heavy atom. The smallest absolute Gasteiger partial charge is 0.269 e. The highest BCUT2D eigenvalue weighted by Crippen LogP contribution is 2.35. The van der Waals surface area contributed by atoms with Crippen molar-refractivity contribution in [3.63, 3.8) is 0 Å². The zero-order chi connectivity index (χ0) is 22.9. The number of amides is 1. The lowest BCUT2D eigenvalue weighted by Gasteiger charge is -2.31. The van der Waals surface area contributed by atoms with Gasteiger partial charge >= 0.3 is 0 Å². The van der Waals surface area contributed by atoms with E-state index in [9.17, 15) is 13.2 Å². The lowest BCUT2D eigenvalue weighted by Crippen LogP contribution is -2.39. The van der Waals surface area contributed by atoms with Gasteiger partial charge in [0.2, 0.25) is 0 Å². The van der Waals surface area contributed by atoms with Gasteiger partial charge in [-0.25, -0.2) is 13.1 Å². The number of hydrogen-bond acceptors (Lipinski definition) is 4. The van der Waals surface area contributed by atoms with Crippen LogP contribution in [0.5, 0.6) is 0 Å². The molecule has 1 heterocycles. The summed E-state index contributed by atoms with van der Waals surface area (Å²) < 4.78 is 26.3. The van der Waals surface area contributed by atoms with Crippen molar-refractivity contribution in [3.05, 3.63) is 101 Å². The fourth-order valence-corrected chi connectivity index (χ4v) is 5.13. The Bertz CT molecular complexity index is 1320. The first-order valence-electron chi connectivity index (χ1n) is 10.3. The van der Waals surface area contributed by atoms with Gasteiger partial charge in [-0.05, 0) is 54.7 Å². The maximum absolute atomic E-state index is 12.8. The molecule has 6 nitrogen and oxygen atoms in total. The van der Waals surface area contributed by atoms with Crippen LogP contribution in [-0.2, 0) is 16.3 Å². The van der Waals surface area contributed by atoms with Crippen molar-refractivity contribution in [1.82, 2.24) is 9.78 Å². The van der Waals surface area contributed by atoms with Crippen LogP contribution in [0.15, 0.2) is 78.9 Å². The zero-order valence-corrected chi connectivity index (χ0v) is 18.8. The molecule has 164 valence electrons. The summed E-state index contributed by atoms with van der Waals surface area (Å²) in [4.78, 5) is 11.4. The first kappa shape index (κ1) is 21.8. The van der Waals surface area contributed by atoms with E-state index in [0.29, 0.717) is 12.8 Å². The molecule has 2 aromatic carbocycles. The number of carbonyl (C=O) groups is 1. The van der Waals surface area contributed by atoms with Gasteiger partial charge in [0, 0.05) is 11.9 Å². The van der Waals surface area contributed by atoms with Crippen LogP contribution in [0, 0.1) is 6.92 Å². The van der Waals surface area contributed by atoms with Crippen LogP contribution < -0.4 is 5.73 Å². The number of nitrogens with zero attached hydrogens (tertiary/aromatic N) is 2. The summed E-state index contributed by atoms with van der Waals surface area (Å²) in [5.41, 5.74) is 10.1. The van der Waals surface area contributed by atoms with Crippen LogP contribution in [0.3, 0.4) is 0 Å². The molecule has 2 N–H and O–H groups in total. The van der Waals surface area contributed by atoms with E-state index in [1.807, 2.05) is 79.7 Å². The minimum absolute atomic E-state index is 0.205. The van der Waals surface area contributed by atoms with Crippen LogP contribution >= 0.6 is 0 Å². The Balaban J connectivity index is 1.59. The number of rotatable bonds is 6. The third-order valence-corrected chi connectivity index (χ3v) is 7.83. The molecule has 1 unspecified atom stereocenters. The fourth-order valence-electron chi connectivity index (χ4n) is 4.00. The number of primary amides is 1. The van der Waals surface area contributed by atoms with Crippen molar-refractivity contribution >= 4 is 21.3 Å². The number of hydrogen-bond donors (Lipinski definition) is 1. The molecule has 1 atom stereocenters. The largest absolute Gasteiger partial charge is 0.364 e. The molecule has 0 saturated heterocycles. The molecule has 1 aromatic heterocycles. The van der Waals surface area contributed by atoms with E-state index in [1.165, 1.54) is 6.26 Å². The monoisotopic (exact) mass is 447 g/mol. The number of nitrogens with two attached hydrogens (primary N) is 1. The molecule has 0 spiro atoms. The first-order chi connectivity index (χ1) is 15.2. The van der Waals surface area contributed by atoms with Gasteiger partial charge < -0.3 is 5.73 Å². The summed E-state index contributed by atoms with van der Waals surface area (Å²) in [5.74, 6) is -0.578. The van der Waals surface area contributed by atoms with Gasteiger partial charge in [-0.1, -0.05) is 60.7 Å². The molecule has 0 saturated carbocycles. The molecular formula is C25H25N3O3S. The van der Waals surface area contributed by atoms with Crippen molar-refractivity contribution in [3.8, 4) is 5.69 Å². The second-order valence-electron chi connectivity index (χ2n) is 8.19. The average molecular weight is 448 g/mol. The van der Waals surface area contributed by atoms with Gasteiger partial charge in [0.1, 0.15) is 0 Å². The number of aryl methyl sites for hydroxylation is 1. The highest BCUT2D eigenvalue weighted by Gasteiger charge is 2.39. The molecule has 0 bridgehead atoms. The molecule has 1 amide bonds. The number of sulfone groups is 1.